The first-order chi connectivity index (χ1) is 16.7. The number of anilines is 1. The van der Waals surface area contributed by atoms with Crippen molar-refractivity contribution < 1.29 is 24.2 Å². The van der Waals surface area contributed by atoms with Gasteiger partial charge < -0.3 is 20.1 Å². The second-order valence-electron chi connectivity index (χ2n) is 8.95. The first-order valence-electron chi connectivity index (χ1n) is 11.5. The zero-order valence-corrected chi connectivity index (χ0v) is 21.4. The minimum atomic E-state index is -1.06. The summed E-state index contributed by atoms with van der Waals surface area (Å²) in [6.45, 7) is 0.462. The Morgan fingerprint density at radius 2 is 1.69 bits per heavy atom. The van der Waals surface area contributed by atoms with Crippen LogP contribution in [0.3, 0.4) is 0 Å². The number of amides is 2. The normalized spacial score (nSPS) is 15.4. The average molecular weight is 521 g/mol. The van der Waals surface area contributed by atoms with E-state index >= 15 is 0 Å². The van der Waals surface area contributed by atoms with Crippen LogP contribution in [0, 0.1) is 5.41 Å². The van der Waals surface area contributed by atoms with Crippen molar-refractivity contribution in [2.24, 2.45) is 5.41 Å². The molecule has 1 aliphatic carbocycles. The van der Waals surface area contributed by atoms with Crippen molar-refractivity contribution >= 4 is 46.7 Å². The van der Waals surface area contributed by atoms with Crippen molar-refractivity contribution in [3.05, 3.63) is 63.6 Å². The third-order valence-corrected chi connectivity index (χ3v) is 7.33. The molecule has 35 heavy (non-hydrogen) atoms. The highest BCUT2D eigenvalue weighted by atomic mass is 35.5. The number of ether oxygens (including phenoxy) is 1. The van der Waals surface area contributed by atoms with Gasteiger partial charge in [0.2, 0.25) is 5.91 Å². The Morgan fingerprint density at radius 3 is 2.23 bits per heavy atom. The number of carbonyl (C=O) groups is 3. The number of nitrogens with zero attached hydrogens (tertiary/aromatic N) is 1. The molecule has 2 N–H and O–H groups in total. The fourth-order valence-electron chi connectivity index (χ4n) is 4.68. The fraction of sp³-hybridized carbons (Fsp3) is 0.423. The molecular weight excluding hydrogens is 491 g/mol. The summed E-state index contributed by atoms with van der Waals surface area (Å²) in [5, 5.41) is 13.1. The zero-order valence-electron chi connectivity index (χ0n) is 19.9. The molecule has 0 spiro atoms. The third-order valence-electron chi connectivity index (χ3n) is 6.70. The second kappa shape index (κ2) is 11.9. The topological polar surface area (TPSA) is 95.9 Å². The number of hydrogen-bond acceptors (Lipinski definition) is 4. The molecule has 0 bridgehead atoms. The molecule has 9 heteroatoms. The van der Waals surface area contributed by atoms with Crippen LogP contribution < -0.4 is 5.32 Å². The maximum absolute atomic E-state index is 13.4. The molecule has 3 rings (SSSR count). The number of likely N-dealkylation sites (N-methyl/N-ethyl adjacent to an activating group) is 1. The van der Waals surface area contributed by atoms with Gasteiger partial charge in [-0.05, 0) is 49.1 Å². The minimum Gasteiger partial charge on any atom is -0.480 e. The SMILES string of the molecule is COCCC1(C(=O)N(C)C(Cc2ccc(NC(=O)c3c(Cl)cccc3Cl)cc2)C(=O)O)CCCC1. The van der Waals surface area contributed by atoms with Crippen LogP contribution in [0.15, 0.2) is 42.5 Å². The molecule has 1 unspecified atom stereocenters. The molecular formula is C26H30Cl2N2O5. The summed E-state index contributed by atoms with van der Waals surface area (Å²) in [6.07, 6.45) is 4.12. The van der Waals surface area contributed by atoms with Crippen LogP contribution in [0.25, 0.3) is 0 Å². The molecule has 2 aromatic rings. The molecule has 0 heterocycles. The molecule has 0 aromatic heterocycles. The number of benzene rings is 2. The molecule has 0 saturated heterocycles. The van der Waals surface area contributed by atoms with Gasteiger partial charge in [-0.25, -0.2) is 4.79 Å². The lowest BCUT2D eigenvalue weighted by Gasteiger charge is -2.35. The zero-order chi connectivity index (χ0) is 25.6. The molecule has 1 saturated carbocycles. The lowest BCUT2D eigenvalue weighted by molar-refractivity contribution is -0.154. The first kappa shape index (κ1) is 27.0. The first-order valence-corrected chi connectivity index (χ1v) is 12.3. The van der Waals surface area contributed by atoms with Gasteiger partial charge in [-0.15, -0.1) is 0 Å². The standard InChI is InChI=1S/C26H30Cl2N2O5/c1-30(25(34)26(14-15-35-2)12-3-4-13-26)21(24(32)33)16-17-8-10-18(11-9-17)29-23(31)22-19(27)6-5-7-20(22)28/h5-11,21H,3-4,12-16H2,1-2H3,(H,29,31)(H,32,33). The van der Waals surface area contributed by atoms with Crippen LogP contribution in [0.2, 0.25) is 10.0 Å². The van der Waals surface area contributed by atoms with Gasteiger partial charge in [0.25, 0.3) is 5.91 Å². The quantitative estimate of drug-likeness (QED) is 0.443. The van der Waals surface area contributed by atoms with E-state index in [0.29, 0.717) is 18.7 Å². The van der Waals surface area contributed by atoms with Gasteiger partial charge >= 0.3 is 5.97 Å². The Bertz CT molecular complexity index is 1050. The average Bonchev–Trinajstić information content (AvgIpc) is 3.31. The van der Waals surface area contributed by atoms with E-state index in [0.717, 1.165) is 31.2 Å². The smallest absolute Gasteiger partial charge is 0.326 e. The van der Waals surface area contributed by atoms with Gasteiger partial charge in [0.05, 0.1) is 21.0 Å². The number of aliphatic carboxylic acids is 1. The van der Waals surface area contributed by atoms with E-state index in [9.17, 15) is 19.5 Å². The largest absolute Gasteiger partial charge is 0.480 e. The van der Waals surface area contributed by atoms with E-state index in [1.54, 1.807) is 56.6 Å². The van der Waals surface area contributed by atoms with Crippen molar-refractivity contribution in [1.82, 2.24) is 4.90 Å². The van der Waals surface area contributed by atoms with Crippen LogP contribution in [0.1, 0.15) is 48.0 Å². The summed E-state index contributed by atoms with van der Waals surface area (Å²) in [4.78, 5) is 39.5. The summed E-state index contributed by atoms with van der Waals surface area (Å²) in [6, 6.07) is 10.6. The molecule has 1 atom stereocenters. The highest BCUT2D eigenvalue weighted by molar-refractivity contribution is 6.40. The van der Waals surface area contributed by atoms with Crippen molar-refractivity contribution in [1.29, 1.82) is 0 Å². The summed E-state index contributed by atoms with van der Waals surface area (Å²) < 4.78 is 5.21. The van der Waals surface area contributed by atoms with Gasteiger partial charge in [0, 0.05) is 32.9 Å². The molecule has 2 aromatic carbocycles. The van der Waals surface area contributed by atoms with Gasteiger partial charge in [-0.3, -0.25) is 9.59 Å². The number of hydrogen-bond donors (Lipinski definition) is 2. The molecule has 0 aliphatic heterocycles. The van der Waals surface area contributed by atoms with E-state index in [-0.39, 0.29) is 27.9 Å². The highest BCUT2D eigenvalue weighted by Gasteiger charge is 2.44. The number of nitrogens with one attached hydrogen (secondary N) is 1. The summed E-state index contributed by atoms with van der Waals surface area (Å²) in [5.74, 6) is -1.65. The number of halogens is 2. The minimum absolute atomic E-state index is 0.139. The predicted octanol–water partition coefficient (Wildman–Crippen LogP) is 5.30. The predicted molar refractivity (Wildman–Crippen MR) is 136 cm³/mol. The number of carboxylic acids is 1. The number of carboxylic acid groups (broad SMARTS) is 1. The maximum Gasteiger partial charge on any atom is 0.326 e. The van der Waals surface area contributed by atoms with Crippen molar-refractivity contribution in [3.63, 3.8) is 0 Å². The fourth-order valence-corrected chi connectivity index (χ4v) is 5.25. The van der Waals surface area contributed by atoms with Crippen molar-refractivity contribution in [3.8, 4) is 0 Å². The molecule has 1 fully saturated rings. The highest BCUT2D eigenvalue weighted by Crippen LogP contribution is 2.43. The Kier molecular flexibility index (Phi) is 9.16. The Labute approximate surface area is 215 Å². The number of rotatable bonds is 10. The third kappa shape index (κ3) is 6.34. The van der Waals surface area contributed by atoms with Gasteiger partial charge in [0.1, 0.15) is 6.04 Å². The lowest BCUT2D eigenvalue weighted by atomic mass is 9.81. The van der Waals surface area contributed by atoms with E-state index in [4.69, 9.17) is 27.9 Å². The van der Waals surface area contributed by atoms with E-state index < -0.39 is 23.3 Å². The van der Waals surface area contributed by atoms with Crippen molar-refractivity contribution in [2.45, 2.75) is 44.6 Å². The summed E-state index contributed by atoms with van der Waals surface area (Å²) in [7, 11) is 3.17. The van der Waals surface area contributed by atoms with Gasteiger partial charge in [-0.2, -0.15) is 0 Å². The maximum atomic E-state index is 13.4. The molecule has 7 nitrogen and oxygen atoms in total. The summed E-state index contributed by atoms with van der Waals surface area (Å²) >= 11 is 12.2. The second-order valence-corrected chi connectivity index (χ2v) is 9.77. The van der Waals surface area contributed by atoms with E-state index in [1.807, 2.05) is 0 Å². The Balaban J connectivity index is 1.71. The van der Waals surface area contributed by atoms with E-state index in [2.05, 4.69) is 5.32 Å². The number of methoxy groups -OCH3 is 1. The van der Waals surface area contributed by atoms with Crippen LogP contribution in [-0.2, 0) is 20.7 Å². The van der Waals surface area contributed by atoms with Crippen LogP contribution >= 0.6 is 23.2 Å². The van der Waals surface area contributed by atoms with Crippen LogP contribution in [-0.4, -0.2) is 54.6 Å². The molecule has 1 aliphatic rings. The lowest BCUT2D eigenvalue weighted by Crippen LogP contribution is -2.50. The van der Waals surface area contributed by atoms with E-state index in [1.165, 1.54) is 4.90 Å². The Morgan fingerprint density at radius 1 is 1.09 bits per heavy atom. The van der Waals surface area contributed by atoms with Crippen molar-refractivity contribution in [2.75, 3.05) is 26.1 Å². The molecule has 0 radical (unpaired) electrons. The van der Waals surface area contributed by atoms with Crippen LogP contribution in [0.4, 0.5) is 5.69 Å². The molecule has 2 amide bonds. The number of carbonyl (C=O) groups excluding carboxylic acids is 2. The molecule has 188 valence electrons. The van der Waals surface area contributed by atoms with Gasteiger partial charge in [-0.1, -0.05) is 54.2 Å². The van der Waals surface area contributed by atoms with Gasteiger partial charge in [0.15, 0.2) is 0 Å². The Hall–Kier alpha value is -2.61. The van der Waals surface area contributed by atoms with Crippen LogP contribution in [0.5, 0.6) is 0 Å². The summed E-state index contributed by atoms with van der Waals surface area (Å²) in [5.41, 5.74) is 0.853. The monoisotopic (exact) mass is 520 g/mol.